The Labute approximate surface area is 149 Å². The van der Waals surface area contributed by atoms with E-state index in [0.29, 0.717) is 13.0 Å². The van der Waals surface area contributed by atoms with Crippen molar-refractivity contribution in [3.63, 3.8) is 0 Å². The highest BCUT2D eigenvalue weighted by Crippen LogP contribution is 2.30. The fourth-order valence-electron chi connectivity index (χ4n) is 2.70. The maximum Gasteiger partial charge on any atom is 0.101 e. The summed E-state index contributed by atoms with van der Waals surface area (Å²) < 4.78 is 13.7. The predicted octanol–water partition coefficient (Wildman–Crippen LogP) is 2.95. The Morgan fingerprint density at radius 1 is 1.32 bits per heavy atom. The molecule has 0 unspecified atom stereocenters. The summed E-state index contributed by atoms with van der Waals surface area (Å²) in [5.41, 5.74) is 3.18. The second kappa shape index (κ2) is 8.47. The van der Waals surface area contributed by atoms with Crippen LogP contribution in [0.15, 0.2) is 53.1 Å². The molecule has 0 spiro atoms. The van der Waals surface area contributed by atoms with E-state index in [1.807, 2.05) is 37.2 Å². The van der Waals surface area contributed by atoms with Gasteiger partial charge in [-0.1, -0.05) is 30.4 Å². The third-order valence-corrected chi connectivity index (χ3v) is 4.30. The largest absolute Gasteiger partial charge is 0.369 e. The van der Waals surface area contributed by atoms with Crippen LogP contribution in [0.4, 0.5) is 4.39 Å². The van der Waals surface area contributed by atoms with Crippen LogP contribution in [-0.4, -0.2) is 32.3 Å². The van der Waals surface area contributed by atoms with Crippen LogP contribution in [-0.2, 0) is 0 Å². The van der Waals surface area contributed by atoms with Gasteiger partial charge in [0.25, 0.3) is 0 Å². The fourth-order valence-corrected chi connectivity index (χ4v) is 2.70. The molecule has 0 saturated carbocycles. The average Bonchev–Trinajstić information content (AvgIpc) is 2.58. The van der Waals surface area contributed by atoms with Gasteiger partial charge in [0.1, 0.15) is 5.83 Å². The van der Waals surface area contributed by atoms with E-state index >= 15 is 0 Å². The normalized spacial score (nSPS) is 15.9. The zero-order valence-electron chi connectivity index (χ0n) is 15.3. The van der Waals surface area contributed by atoms with Gasteiger partial charge in [-0.05, 0) is 48.6 Å². The van der Waals surface area contributed by atoms with Gasteiger partial charge < -0.3 is 10.2 Å². The highest BCUT2D eigenvalue weighted by atomic mass is 19.1. The summed E-state index contributed by atoms with van der Waals surface area (Å²) in [6.45, 7) is 10.2. The van der Waals surface area contributed by atoms with Crippen LogP contribution in [0.5, 0.6) is 0 Å². The molecule has 0 atom stereocenters. The van der Waals surface area contributed by atoms with Crippen molar-refractivity contribution in [3.8, 4) is 0 Å². The molecule has 2 rings (SSSR count). The molecule has 4 heteroatoms. The summed E-state index contributed by atoms with van der Waals surface area (Å²) in [7, 11) is 3.88. The second-order valence-corrected chi connectivity index (χ2v) is 6.37. The molecule has 0 bridgehead atoms. The lowest BCUT2D eigenvalue weighted by Gasteiger charge is -2.16. The van der Waals surface area contributed by atoms with Gasteiger partial charge in [0.15, 0.2) is 0 Å². The Balaban J connectivity index is 2.37. The van der Waals surface area contributed by atoms with Gasteiger partial charge in [-0.25, -0.2) is 4.39 Å². The van der Waals surface area contributed by atoms with E-state index in [9.17, 15) is 4.39 Å². The van der Waals surface area contributed by atoms with Crippen molar-refractivity contribution in [2.24, 2.45) is 4.99 Å². The van der Waals surface area contributed by atoms with Crippen LogP contribution in [0.1, 0.15) is 25.3 Å². The second-order valence-electron chi connectivity index (χ2n) is 6.37. The standard InChI is InChI=1S/C21H26FN3/c1-15-6-9-20(22)13-21(15)18-8-7-17(19(12-18)14-23-3)10-11-24-16(2)25(4)5/h7-8,10,12-14,24H,2-3,6,9,11H2,1,4-5H3/b17-10-,19-14-. The number of hydrogen-bond donors (Lipinski definition) is 1. The summed E-state index contributed by atoms with van der Waals surface area (Å²) in [6, 6.07) is 6.10. The molecule has 1 aliphatic rings. The third-order valence-electron chi connectivity index (χ3n) is 4.30. The van der Waals surface area contributed by atoms with Crippen LogP contribution in [0, 0.1) is 0 Å². The van der Waals surface area contributed by atoms with E-state index in [4.69, 9.17) is 0 Å². The molecule has 0 heterocycles. The highest BCUT2D eigenvalue weighted by molar-refractivity contribution is 5.78. The van der Waals surface area contributed by atoms with Crippen LogP contribution >= 0.6 is 0 Å². The van der Waals surface area contributed by atoms with Crippen molar-refractivity contribution < 1.29 is 4.39 Å². The van der Waals surface area contributed by atoms with Crippen LogP contribution in [0.25, 0.3) is 17.8 Å². The van der Waals surface area contributed by atoms with Gasteiger partial charge in [-0.2, -0.15) is 0 Å². The smallest absolute Gasteiger partial charge is 0.101 e. The average molecular weight is 339 g/mol. The monoisotopic (exact) mass is 339 g/mol. The van der Waals surface area contributed by atoms with Crippen LogP contribution in [0.3, 0.4) is 0 Å². The Morgan fingerprint density at radius 2 is 2.08 bits per heavy atom. The van der Waals surface area contributed by atoms with E-state index in [2.05, 4.69) is 36.6 Å². The number of nitrogens with zero attached hydrogens (tertiary/aromatic N) is 2. The molecule has 0 fully saturated rings. The van der Waals surface area contributed by atoms with Crippen molar-refractivity contribution in [2.75, 3.05) is 20.6 Å². The molecule has 132 valence electrons. The SMILES string of the molecule is C=N/C=c1/cc(C2=C(C)CCC(F)=C2)cc/c1=C/CNC(=C)N(C)C. The van der Waals surface area contributed by atoms with Gasteiger partial charge in [0, 0.05) is 38.5 Å². The number of hydrogen-bond acceptors (Lipinski definition) is 3. The molecular weight excluding hydrogens is 313 g/mol. The van der Waals surface area contributed by atoms with Gasteiger partial charge in [-0.3, -0.25) is 4.99 Å². The lowest BCUT2D eigenvalue weighted by atomic mass is 9.92. The van der Waals surface area contributed by atoms with E-state index in [1.54, 1.807) is 12.3 Å². The number of nitrogens with one attached hydrogen (secondary N) is 1. The molecular formula is C21H26FN3. The Bertz CT molecular complexity index is 844. The van der Waals surface area contributed by atoms with Crippen molar-refractivity contribution in [3.05, 3.63) is 64.1 Å². The Kier molecular flexibility index (Phi) is 6.34. The third kappa shape index (κ3) is 4.92. The number of allylic oxidation sites excluding steroid dienone is 4. The summed E-state index contributed by atoms with van der Waals surface area (Å²) in [5.74, 6) is 0.791. The summed E-state index contributed by atoms with van der Waals surface area (Å²) in [6.07, 6.45) is 6.71. The van der Waals surface area contributed by atoms with Crippen molar-refractivity contribution in [1.82, 2.24) is 10.2 Å². The minimum Gasteiger partial charge on any atom is -0.369 e. The van der Waals surface area contributed by atoms with Crippen molar-refractivity contribution in [2.45, 2.75) is 19.8 Å². The van der Waals surface area contributed by atoms with Crippen molar-refractivity contribution >= 4 is 24.6 Å². The predicted molar refractivity (Wildman–Crippen MR) is 106 cm³/mol. The molecule has 1 aromatic carbocycles. The molecule has 0 amide bonds. The van der Waals surface area contributed by atoms with Crippen LogP contribution < -0.4 is 15.8 Å². The van der Waals surface area contributed by atoms with Gasteiger partial charge >= 0.3 is 0 Å². The maximum absolute atomic E-state index is 13.7. The summed E-state index contributed by atoms with van der Waals surface area (Å²) in [4.78, 5) is 5.84. The zero-order chi connectivity index (χ0) is 18.4. The molecule has 0 radical (unpaired) electrons. The van der Waals surface area contributed by atoms with Crippen molar-refractivity contribution in [1.29, 1.82) is 0 Å². The minimum atomic E-state index is -0.0602. The number of rotatable bonds is 6. The van der Waals surface area contributed by atoms with Crippen LogP contribution in [0.2, 0.25) is 0 Å². The molecule has 1 aliphatic carbocycles. The van der Waals surface area contributed by atoms with E-state index < -0.39 is 0 Å². The first kappa shape index (κ1) is 18.7. The summed E-state index contributed by atoms with van der Waals surface area (Å²) in [5, 5.41) is 5.25. The first-order valence-electron chi connectivity index (χ1n) is 8.35. The lowest BCUT2D eigenvalue weighted by molar-refractivity contribution is 0.473. The minimum absolute atomic E-state index is 0.0602. The topological polar surface area (TPSA) is 27.6 Å². The summed E-state index contributed by atoms with van der Waals surface area (Å²) >= 11 is 0. The molecule has 25 heavy (non-hydrogen) atoms. The maximum atomic E-state index is 13.7. The molecule has 0 saturated heterocycles. The Hall–Kier alpha value is -2.62. The van der Waals surface area contributed by atoms with Gasteiger partial charge in [0.05, 0.1) is 5.82 Å². The molecule has 0 aliphatic heterocycles. The lowest BCUT2D eigenvalue weighted by Crippen LogP contribution is -2.29. The molecule has 1 N–H and O–H groups in total. The number of halogens is 1. The quantitative estimate of drug-likeness (QED) is 0.807. The molecule has 0 aromatic heterocycles. The first-order valence-corrected chi connectivity index (χ1v) is 8.35. The van der Waals surface area contributed by atoms with E-state index in [0.717, 1.165) is 33.8 Å². The van der Waals surface area contributed by atoms with Gasteiger partial charge in [-0.15, -0.1) is 0 Å². The molecule has 3 nitrogen and oxygen atoms in total. The first-order chi connectivity index (χ1) is 11.9. The number of aliphatic imine (C=N–C) groups is 1. The van der Waals surface area contributed by atoms with E-state index in [1.165, 1.54) is 5.57 Å². The zero-order valence-corrected chi connectivity index (χ0v) is 15.3. The number of benzene rings is 1. The highest BCUT2D eigenvalue weighted by Gasteiger charge is 2.11. The van der Waals surface area contributed by atoms with E-state index in [-0.39, 0.29) is 5.83 Å². The fraction of sp³-hybridized carbons (Fsp3) is 0.286. The van der Waals surface area contributed by atoms with Gasteiger partial charge in [0.2, 0.25) is 0 Å². The Morgan fingerprint density at radius 3 is 2.76 bits per heavy atom. The molecule has 1 aromatic rings.